The molecule has 0 aliphatic carbocycles. The van der Waals surface area contributed by atoms with E-state index in [9.17, 15) is 14.9 Å². The monoisotopic (exact) mass is 254 g/mol. The van der Waals surface area contributed by atoms with Gasteiger partial charge in [-0.2, -0.15) is 0 Å². The topological polar surface area (TPSA) is 81.9 Å². The number of non-ortho nitro benzene ring substituents is 1. The molecule has 0 aliphatic heterocycles. The summed E-state index contributed by atoms with van der Waals surface area (Å²) in [7, 11) is 3.70. The van der Waals surface area contributed by atoms with Gasteiger partial charge >= 0.3 is 6.16 Å². The maximum Gasteiger partial charge on any atom is 0.513 e. The molecule has 7 heteroatoms. The van der Waals surface area contributed by atoms with Gasteiger partial charge in [0, 0.05) is 18.7 Å². The third kappa shape index (κ3) is 4.79. The Labute approximate surface area is 104 Å². The lowest BCUT2D eigenvalue weighted by atomic mass is 10.3. The number of carbonyl (C=O) groups is 1. The Morgan fingerprint density at radius 1 is 1.33 bits per heavy atom. The summed E-state index contributed by atoms with van der Waals surface area (Å²) in [6.45, 7) is 0.814. The second kappa shape index (κ2) is 6.55. The van der Waals surface area contributed by atoms with E-state index in [-0.39, 0.29) is 18.0 Å². The van der Waals surface area contributed by atoms with Crippen molar-refractivity contribution in [1.29, 1.82) is 0 Å². The number of nitro groups is 1. The molecule has 98 valence electrons. The average Bonchev–Trinajstić information content (AvgIpc) is 2.29. The number of nitro benzene ring substituents is 1. The summed E-state index contributed by atoms with van der Waals surface area (Å²) >= 11 is 0. The molecule has 7 nitrogen and oxygen atoms in total. The Morgan fingerprint density at radius 2 is 1.94 bits per heavy atom. The second-order valence-corrected chi connectivity index (χ2v) is 3.75. The number of hydrogen-bond acceptors (Lipinski definition) is 6. The van der Waals surface area contributed by atoms with Gasteiger partial charge in [0.1, 0.15) is 12.4 Å². The molecule has 0 aromatic heterocycles. The maximum absolute atomic E-state index is 11.2. The minimum Gasteiger partial charge on any atom is -0.433 e. The van der Waals surface area contributed by atoms with Gasteiger partial charge in [0.25, 0.3) is 5.69 Å². The lowest BCUT2D eigenvalue weighted by Gasteiger charge is -2.09. The number of hydrogen-bond donors (Lipinski definition) is 0. The average molecular weight is 254 g/mol. The van der Waals surface area contributed by atoms with Crippen LogP contribution in [0.15, 0.2) is 24.3 Å². The Kier molecular flexibility index (Phi) is 5.06. The Morgan fingerprint density at radius 3 is 2.44 bits per heavy atom. The van der Waals surface area contributed by atoms with Gasteiger partial charge < -0.3 is 14.4 Å². The van der Waals surface area contributed by atoms with Gasteiger partial charge in [0.2, 0.25) is 0 Å². The van der Waals surface area contributed by atoms with E-state index in [0.29, 0.717) is 6.54 Å². The highest BCUT2D eigenvalue weighted by Crippen LogP contribution is 2.17. The largest absolute Gasteiger partial charge is 0.513 e. The fourth-order valence-electron chi connectivity index (χ4n) is 1.07. The number of ether oxygens (including phenoxy) is 2. The summed E-state index contributed by atoms with van der Waals surface area (Å²) in [5.41, 5.74) is -0.0664. The fourth-order valence-corrected chi connectivity index (χ4v) is 1.07. The SMILES string of the molecule is CN(C)CCOC(=O)Oc1ccc([N+](=O)[O-])cc1. The van der Waals surface area contributed by atoms with E-state index < -0.39 is 11.1 Å². The fraction of sp³-hybridized carbons (Fsp3) is 0.364. The van der Waals surface area contributed by atoms with Gasteiger partial charge in [-0.25, -0.2) is 4.79 Å². The van der Waals surface area contributed by atoms with Crippen molar-refractivity contribution in [3.8, 4) is 5.75 Å². The van der Waals surface area contributed by atoms with Crippen LogP contribution in [0.1, 0.15) is 0 Å². The second-order valence-electron chi connectivity index (χ2n) is 3.75. The minimum absolute atomic E-state index is 0.0664. The van der Waals surface area contributed by atoms with Crippen molar-refractivity contribution >= 4 is 11.8 Å². The van der Waals surface area contributed by atoms with Crippen LogP contribution in [0.5, 0.6) is 5.75 Å². The van der Waals surface area contributed by atoms with Crippen molar-refractivity contribution in [2.24, 2.45) is 0 Å². The molecule has 1 aromatic rings. The highest BCUT2D eigenvalue weighted by Gasteiger charge is 2.08. The first-order chi connectivity index (χ1) is 8.49. The number of likely N-dealkylation sites (N-methyl/N-ethyl adjacent to an activating group) is 1. The van der Waals surface area contributed by atoms with Crippen molar-refractivity contribution in [3.05, 3.63) is 34.4 Å². The van der Waals surface area contributed by atoms with E-state index in [2.05, 4.69) is 0 Å². The van der Waals surface area contributed by atoms with E-state index in [1.807, 2.05) is 19.0 Å². The minimum atomic E-state index is -0.828. The van der Waals surface area contributed by atoms with Gasteiger partial charge in [-0.15, -0.1) is 0 Å². The lowest BCUT2D eigenvalue weighted by Crippen LogP contribution is -2.21. The van der Waals surface area contributed by atoms with Crippen LogP contribution < -0.4 is 4.74 Å². The zero-order chi connectivity index (χ0) is 13.5. The summed E-state index contributed by atoms with van der Waals surface area (Å²) in [6, 6.07) is 5.18. The summed E-state index contributed by atoms with van der Waals surface area (Å²) in [6.07, 6.45) is -0.828. The maximum atomic E-state index is 11.2. The van der Waals surface area contributed by atoms with Gasteiger partial charge in [-0.3, -0.25) is 10.1 Å². The van der Waals surface area contributed by atoms with Crippen LogP contribution in [0.25, 0.3) is 0 Å². The van der Waals surface area contributed by atoms with Crippen LogP contribution in [-0.4, -0.2) is 43.2 Å². The predicted octanol–water partition coefficient (Wildman–Crippen LogP) is 1.67. The number of benzene rings is 1. The normalized spacial score (nSPS) is 10.2. The Hall–Kier alpha value is -2.15. The first kappa shape index (κ1) is 13.9. The molecule has 0 aliphatic rings. The van der Waals surface area contributed by atoms with Crippen LogP contribution in [0, 0.1) is 10.1 Å². The van der Waals surface area contributed by atoms with Crippen molar-refractivity contribution in [2.45, 2.75) is 0 Å². The molecule has 0 bridgehead atoms. The molecule has 0 unspecified atom stereocenters. The molecule has 18 heavy (non-hydrogen) atoms. The standard InChI is InChI=1S/C11H14N2O5/c1-12(2)7-8-17-11(14)18-10-5-3-9(4-6-10)13(15)16/h3-6H,7-8H2,1-2H3. The van der Waals surface area contributed by atoms with Gasteiger partial charge in [0.05, 0.1) is 4.92 Å². The number of nitrogens with zero attached hydrogens (tertiary/aromatic N) is 2. The molecule has 0 N–H and O–H groups in total. The number of rotatable bonds is 5. The van der Waals surface area contributed by atoms with E-state index in [1.54, 1.807) is 0 Å². The summed E-state index contributed by atoms with van der Waals surface area (Å²) in [5.74, 6) is 0.204. The predicted molar refractivity (Wildman–Crippen MR) is 63.6 cm³/mol. The van der Waals surface area contributed by atoms with Crippen LogP contribution in [0.4, 0.5) is 10.5 Å². The van der Waals surface area contributed by atoms with Crippen molar-refractivity contribution in [2.75, 3.05) is 27.2 Å². The lowest BCUT2D eigenvalue weighted by molar-refractivity contribution is -0.384. The first-order valence-corrected chi connectivity index (χ1v) is 5.23. The van der Waals surface area contributed by atoms with E-state index in [0.717, 1.165) is 0 Å². The van der Waals surface area contributed by atoms with Crippen molar-refractivity contribution < 1.29 is 19.2 Å². The summed E-state index contributed by atoms with van der Waals surface area (Å²) < 4.78 is 9.63. The van der Waals surface area contributed by atoms with Crippen LogP contribution in [0.2, 0.25) is 0 Å². The smallest absolute Gasteiger partial charge is 0.433 e. The summed E-state index contributed by atoms with van der Waals surface area (Å²) in [4.78, 5) is 23.0. The molecule has 0 saturated heterocycles. The van der Waals surface area contributed by atoms with Gasteiger partial charge in [-0.1, -0.05) is 0 Å². The first-order valence-electron chi connectivity index (χ1n) is 5.23. The van der Waals surface area contributed by atoms with Gasteiger partial charge in [-0.05, 0) is 26.2 Å². The quantitative estimate of drug-likeness (QED) is 0.344. The molecule has 0 radical (unpaired) electrons. The van der Waals surface area contributed by atoms with E-state index >= 15 is 0 Å². The molecule has 0 saturated carbocycles. The highest BCUT2D eigenvalue weighted by molar-refractivity contribution is 5.63. The molecular formula is C11H14N2O5. The molecule has 0 atom stereocenters. The van der Waals surface area contributed by atoms with Crippen LogP contribution in [-0.2, 0) is 4.74 Å². The third-order valence-corrected chi connectivity index (χ3v) is 2.01. The molecular weight excluding hydrogens is 240 g/mol. The molecule has 1 rings (SSSR count). The number of carbonyl (C=O) groups excluding carboxylic acids is 1. The van der Waals surface area contributed by atoms with Crippen molar-refractivity contribution in [3.63, 3.8) is 0 Å². The highest BCUT2D eigenvalue weighted by atomic mass is 16.7. The van der Waals surface area contributed by atoms with Crippen LogP contribution >= 0.6 is 0 Å². The Balaban J connectivity index is 2.42. The van der Waals surface area contributed by atoms with E-state index in [1.165, 1.54) is 24.3 Å². The molecule has 0 fully saturated rings. The molecule has 1 aromatic carbocycles. The molecule has 0 amide bonds. The zero-order valence-corrected chi connectivity index (χ0v) is 10.2. The van der Waals surface area contributed by atoms with Crippen molar-refractivity contribution in [1.82, 2.24) is 4.90 Å². The third-order valence-electron chi connectivity index (χ3n) is 2.01. The summed E-state index contributed by atoms with van der Waals surface area (Å²) in [5, 5.41) is 10.4. The van der Waals surface area contributed by atoms with Crippen LogP contribution in [0.3, 0.4) is 0 Å². The van der Waals surface area contributed by atoms with E-state index in [4.69, 9.17) is 9.47 Å². The van der Waals surface area contributed by atoms with Gasteiger partial charge in [0.15, 0.2) is 0 Å². The zero-order valence-electron chi connectivity index (χ0n) is 10.2. The molecule has 0 heterocycles. The molecule has 0 spiro atoms. The Bertz CT molecular complexity index is 416.